The molecule has 0 aromatic carbocycles. The van der Waals surface area contributed by atoms with Gasteiger partial charge in [-0.3, -0.25) is 19.2 Å². The van der Waals surface area contributed by atoms with Crippen LogP contribution in [-0.4, -0.2) is 117 Å². The van der Waals surface area contributed by atoms with Gasteiger partial charge in [-0.15, -0.1) is 0 Å². The molecule has 0 aromatic rings. The van der Waals surface area contributed by atoms with Gasteiger partial charge in [0.25, 0.3) is 23.9 Å². The van der Waals surface area contributed by atoms with Gasteiger partial charge in [-0.1, -0.05) is 0 Å². The second kappa shape index (κ2) is 49.5. The van der Waals surface area contributed by atoms with Crippen molar-refractivity contribution >= 4 is 83.0 Å². The molecule has 0 unspecified atom stereocenters. The average molecular weight is 402 g/mol. The standard InChI is InChI=1S/C2H8N2.4C2H4O2.Fe.2Na/c3-1-2-4;4*1-2(3)4;;;/h1-4H2;4*1H3,(H,3,4);;;. The Labute approximate surface area is 190 Å². The third kappa shape index (κ3) is 5290. The Morgan fingerprint density at radius 3 is 0.652 bits per heavy atom. The SMILES string of the molecule is CC(=O)O.CC(=O)O.CC(=O)O.CC(=O)O.NCCN.[Fe].[Na].[Na]. The molecule has 0 fully saturated rings. The molecule has 13 heteroatoms. The maximum atomic E-state index is 9.00. The van der Waals surface area contributed by atoms with E-state index in [1.165, 1.54) is 0 Å². The largest absolute Gasteiger partial charge is 0.481 e. The van der Waals surface area contributed by atoms with Gasteiger partial charge in [0.15, 0.2) is 0 Å². The van der Waals surface area contributed by atoms with E-state index >= 15 is 0 Å². The molecule has 10 nitrogen and oxygen atoms in total. The van der Waals surface area contributed by atoms with Gasteiger partial charge < -0.3 is 31.9 Å². The number of nitrogens with two attached hydrogens (primary N) is 2. The second-order valence-electron chi connectivity index (χ2n) is 2.65. The predicted molar refractivity (Wildman–Crippen MR) is 82.9 cm³/mol. The third-order valence-electron chi connectivity index (χ3n) is 0.167. The van der Waals surface area contributed by atoms with E-state index in [1.54, 1.807) is 0 Å². The van der Waals surface area contributed by atoms with E-state index in [1.807, 2.05) is 0 Å². The molecule has 0 aliphatic carbocycles. The number of hydrogen-bond acceptors (Lipinski definition) is 6. The van der Waals surface area contributed by atoms with Crippen LogP contribution < -0.4 is 11.5 Å². The van der Waals surface area contributed by atoms with Crippen LogP contribution in [0.2, 0.25) is 0 Å². The number of aliphatic carboxylic acids is 4. The van der Waals surface area contributed by atoms with Crippen molar-refractivity contribution in [3.05, 3.63) is 0 Å². The maximum Gasteiger partial charge on any atom is 0.300 e. The van der Waals surface area contributed by atoms with Crippen LogP contribution in [0.1, 0.15) is 27.7 Å². The molecule has 0 aliphatic heterocycles. The van der Waals surface area contributed by atoms with Gasteiger partial charge in [0.2, 0.25) is 0 Å². The first-order valence-electron chi connectivity index (χ1n) is 5.03. The third-order valence-corrected chi connectivity index (χ3v) is 0.167. The van der Waals surface area contributed by atoms with E-state index in [0.717, 1.165) is 27.7 Å². The number of rotatable bonds is 1. The van der Waals surface area contributed by atoms with Gasteiger partial charge in [-0.25, -0.2) is 0 Å². The van der Waals surface area contributed by atoms with E-state index in [-0.39, 0.29) is 76.2 Å². The summed E-state index contributed by atoms with van der Waals surface area (Å²) in [6.07, 6.45) is 0. The van der Waals surface area contributed by atoms with Gasteiger partial charge in [0.1, 0.15) is 0 Å². The van der Waals surface area contributed by atoms with Crippen molar-refractivity contribution in [2.75, 3.05) is 13.1 Å². The summed E-state index contributed by atoms with van der Waals surface area (Å²) in [5.74, 6) is -3.33. The fraction of sp³-hybridized carbons (Fsp3) is 0.600. The minimum Gasteiger partial charge on any atom is -0.481 e. The molecule has 0 rings (SSSR count). The van der Waals surface area contributed by atoms with Crippen molar-refractivity contribution < 1.29 is 56.7 Å². The molecule has 0 bridgehead atoms. The molecule has 0 heterocycles. The summed E-state index contributed by atoms with van der Waals surface area (Å²) in [6, 6.07) is 0. The number of carboxylic acids is 4. The maximum absolute atomic E-state index is 9.00. The van der Waals surface area contributed by atoms with Gasteiger partial charge in [-0.05, 0) is 0 Å². The van der Waals surface area contributed by atoms with Crippen molar-refractivity contribution in [3.8, 4) is 0 Å². The minimum atomic E-state index is -0.833. The van der Waals surface area contributed by atoms with Crippen LogP contribution in [0.4, 0.5) is 0 Å². The number of carbonyl (C=O) groups is 4. The molecule has 0 aliphatic rings. The van der Waals surface area contributed by atoms with Crippen molar-refractivity contribution in [1.29, 1.82) is 0 Å². The summed E-state index contributed by atoms with van der Waals surface area (Å²) in [6.45, 7) is 5.53. The first-order chi connectivity index (χ1) is 8.84. The Bertz CT molecular complexity index is 205. The summed E-state index contributed by atoms with van der Waals surface area (Å²) in [4.78, 5) is 36.0. The normalized spacial score (nSPS) is 5.65. The Balaban J connectivity index is -0.0000000197. The predicted octanol–water partition coefficient (Wildman–Crippen LogP) is -1.50. The molecule has 23 heavy (non-hydrogen) atoms. The summed E-state index contributed by atoms with van der Waals surface area (Å²) in [5.41, 5.74) is 9.81. The van der Waals surface area contributed by atoms with E-state index in [0.29, 0.717) is 13.1 Å². The van der Waals surface area contributed by atoms with Gasteiger partial charge in [-0.2, -0.15) is 0 Å². The Morgan fingerprint density at radius 2 is 0.652 bits per heavy atom. The van der Waals surface area contributed by atoms with Gasteiger partial charge in [0.05, 0.1) is 0 Å². The summed E-state index contributed by atoms with van der Waals surface area (Å²) in [5, 5.41) is 29.7. The molecule has 132 valence electrons. The molecule has 8 N–H and O–H groups in total. The molecule has 0 saturated heterocycles. The number of hydrogen-bond donors (Lipinski definition) is 6. The smallest absolute Gasteiger partial charge is 0.300 e. The quantitative estimate of drug-likeness (QED) is 0.280. The molecule has 0 aromatic heterocycles. The molecule has 0 saturated carbocycles. The Morgan fingerprint density at radius 1 is 0.609 bits per heavy atom. The van der Waals surface area contributed by atoms with E-state index in [9.17, 15) is 0 Å². The topological polar surface area (TPSA) is 201 Å². The zero-order valence-electron chi connectivity index (χ0n) is 14.3. The summed E-state index contributed by atoms with van der Waals surface area (Å²) < 4.78 is 0. The van der Waals surface area contributed by atoms with E-state index in [2.05, 4.69) is 0 Å². The Kier molecular flexibility index (Phi) is 106. The van der Waals surface area contributed by atoms with Crippen LogP contribution in [0.5, 0.6) is 0 Å². The van der Waals surface area contributed by atoms with E-state index < -0.39 is 23.9 Å². The van der Waals surface area contributed by atoms with Crippen molar-refractivity contribution in [2.45, 2.75) is 27.7 Å². The number of carboxylic acid groups (broad SMARTS) is 4. The van der Waals surface area contributed by atoms with Gasteiger partial charge >= 0.3 is 0 Å². The fourth-order valence-corrected chi connectivity index (χ4v) is 0. The van der Waals surface area contributed by atoms with Crippen molar-refractivity contribution in [3.63, 3.8) is 0 Å². The monoisotopic (exact) mass is 402 g/mol. The van der Waals surface area contributed by atoms with Crippen LogP contribution in [-0.2, 0) is 36.2 Å². The van der Waals surface area contributed by atoms with Crippen LogP contribution in [0, 0.1) is 0 Å². The molecule has 0 spiro atoms. The summed E-state index contributed by atoms with van der Waals surface area (Å²) >= 11 is 0. The van der Waals surface area contributed by atoms with Crippen molar-refractivity contribution in [1.82, 2.24) is 0 Å². The molecular formula is C10H24FeN2Na2O8. The molecule has 2 radical (unpaired) electrons. The molecular weight excluding hydrogens is 378 g/mol. The molecule has 0 atom stereocenters. The van der Waals surface area contributed by atoms with Crippen LogP contribution >= 0.6 is 0 Å². The van der Waals surface area contributed by atoms with Gasteiger partial charge in [0, 0.05) is 117 Å². The molecule has 0 amide bonds. The second-order valence-corrected chi connectivity index (χ2v) is 2.65. The van der Waals surface area contributed by atoms with Crippen LogP contribution in [0.25, 0.3) is 0 Å². The Hall–Kier alpha value is 0.319. The fourth-order valence-electron chi connectivity index (χ4n) is 0. The van der Waals surface area contributed by atoms with Crippen molar-refractivity contribution in [2.24, 2.45) is 11.5 Å². The minimum absolute atomic E-state index is 0. The summed E-state index contributed by atoms with van der Waals surface area (Å²) in [7, 11) is 0. The van der Waals surface area contributed by atoms with Crippen LogP contribution in [0.15, 0.2) is 0 Å². The van der Waals surface area contributed by atoms with Crippen LogP contribution in [0.3, 0.4) is 0 Å². The first kappa shape index (κ1) is 49.5. The zero-order valence-corrected chi connectivity index (χ0v) is 19.4. The van der Waals surface area contributed by atoms with E-state index in [4.69, 9.17) is 51.1 Å². The zero-order chi connectivity index (χ0) is 17.7. The average Bonchev–Trinajstić information content (AvgIpc) is 2.13. The first-order valence-corrected chi connectivity index (χ1v) is 5.03.